The molecule has 0 atom stereocenters. The zero-order valence-corrected chi connectivity index (χ0v) is 11.1. The second kappa shape index (κ2) is 6.98. The van der Waals surface area contributed by atoms with Crippen molar-refractivity contribution in [1.82, 2.24) is 0 Å². The molecule has 0 bridgehead atoms. The highest BCUT2D eigenvalue weighted by Gasteiger charge is 2.12. The van der Waals surface area contributed by atoms with Crippen LogP contribution in [0.15, 0.2) is 36.6 Å². The molecular weight excluding hydrogens is 264 g/mol. The minimum Gasteiger partial charge on any atom is -0.504 e. The molecule has 0 fully saturated rings. The lowest BCUT2D eigenvalue weighted by Crippen LogP contribution is -2.12. The van der Waals surface area contributed by atoms with Crippen molar-refractivity contribution in [3.63, 3.8) is 0 Å². The van der Waals surface area contributed by atoms with Crippen molar-refractivity contribution < 1.29 is 28.9 Å². The molecule has 0 aliphatic heterocycles. The first-order valence-electron chi connectivity index (χ1n) is 5.52. The first kappa shape index (κ1) is 15.3. The summed E-state index contributed by atoms with van der Waals surface area (Å²) in [5, 5.41) is 9.41. The molecule has 0 saturated carbocycles. The van der Waals surface area contributed by atoms with Gasteiger partial charge in [0.15, 0.2) is 17.3 Å². The summed E-state index contributed by atoms with van der Waals surface area (Å²) in [4.78, 5) is 22.5. The molecule has 0 heterocycles. The molecule has 20 heavy (non-hydrogen) atoms. The summed E-state index contributed by atoms with van der Waals surface area (Å²) in [7, 11) is 2.65. The van der Waals surface area contributed by atoms with Gasteiger partial charge in [-0.05, 0) is 30.4 Å². The molecule has 1 aromatic carbocycles. The van der Waals surface area contributed by atoms with Crippen molar-refractivity contribution in [3.05, 3.63) is 42.2 Å². The number of carbonyl (C=O) groups excluding carboxylic acids is 2. The smallest absolute Gasteiger partial charge is 0.380 e. The SMILES string of the molecule is C=C(OC)C(=O)OC(=O)C=Cc1ccc(O)c(OC)c1. The number of esters is 2. The predicted molar refractivity (Wildman–Crippen MR) is 70.9 cm³/mol. The topological polar surface area (TPSA) is 82.1 Å². The molecule has 0 saturated heterocycles. The van der Waals surface area contributed by atoms with E-state index in [2.05, 4.69) is 16.1 Å². The van der Waals surface area contributed by atoms with Crippen LogP contribution in [0.5, 0.6) is 11.5 Å². The van der Waals surface area contributed by atoms with Crippen LogP contribution >= 0.6 is 0 Å². The molecule has 0 unspecified atom stereocenters. The lowest BCUT2D eigenvalue weighted by atomic mass is 10.2. The molecule has 0 amide bonds. The van der Waals surface area contributed by atoms with Gasteiger partial charge in [0, 0.05) is 6.08 Å². The Bertz CT molecular complexity index is 559. The van der Waals surface area contributed by atoms with Crippen LogP contribution in [0.3, 0.4) is 0 Å². The van der Waals surface area contributed by atoms with E-state index in [1.165, 1.54) is 32.4 Å². The minimum atomic E-state index is -0.953. The summed E-state index contributed by atoms with van der Waals surface area (Å²) in [6, 6.07) is 4.51. The fourth-order valence-corrected chi connectivity index (χ4v) is 1.23. The van der Waals surface area contributed by atoms with E-state index in [1.54, 1.807) is 6.07 Å². The standard InChI is InChI=1S/C14H14O6/c1-9(18-2)14(17)20-13(16)7-5-10-4-6-11(15)12(8-10)19-3/h4-8,15H,1H2,2-3H3. The van der Waals surface area contributed by atoms with Gasteiger partial charge in [0.05, 0.1) is 14.2 Å². The largest absolute Gasteiger partial charge is 0.504 e. The van der Waals surface area contributed by atoms with Gasteiger partial charge in [-0.15, -0.1) is 0 Å². The number of hydrogen-bond acceptors (Lipinski definition) is 6. The van der Waals surface area contributed by atoms with Gasteiger partial charge in [0.1, 0.15) is 0 Å². The van der Waals surface area contributed by atoms with E-state index < -0.39 is 11.9 Å². The van der Waals surface area contributed by atoms with E-state index in [4.69, 9.17) is 4.74 Å². The normalized spacial score (nSPS) is 10.1. The monoisotopic (exact) mass is 278 g/mol. The van der Waals surface area contributed by atoms with Crippen molar-refractivity contribution in [1.29, 1.82) is 0 Å². The maximum atomic E-state index is 11.4. The average Bonchev–Trinajstić information content (AvgIpc) is 2.45. The number of phenols is 1. The highest BCUT2D eigenvalue weighted by atomic mass is 16.6. The third-order valence-corrected chi connectivity index (χ3v) is 2.28. The van der Waals surface area contributed by atoms with Crippen LogP contribution in [0.4, 0.5) is 0 Å². The van der Waals surface area contributed by atoms with Crippen molar-refractivity contribution in [2.75, 3.05) is 14.2 Å². The van der Waals surface area contributed by atoms with Crippen LogP contribution in [-0.2, 0) is 19.1 Å². The second-order valence-electron chi connectivity index (χ2n) is 3.60. The van der Waals surface area contributed by atoms with Crippen molar-refractivity contribution >= 4 is 18.0 Å². The van der Waals surface area contributed by atoms with Crippen molar-refractivity contribution in [2.45, 2.75) is 0 Å². The maximum Gasteiger partial charge on any atom is 0.380 e. The van der Waals surface area contributed by atoms with Crippen molar-refractivity contribution in [2.24, 2.45) is 0 Å². The minimum absolute atomic E-state index is 0.0150. The van der Waals surface area contributed by atoms with E-state index >= 15 is 0 Å². The summed E-state index contributed by atoms with van der Waals surface area (Å²) >= 11 is 0. The lowest BCUT2D eigenvalue weighted by Gasteiger charge is -2.04. The van der Waals surface area contributed by atoms with Gasteiger partial charge in [0.25, 0.3) is 0 Å². The van der Waals surface area contributed by atoms with Crippen LogP contribution < -0.4 is 4.74 Å². The molecular formula is C14H14O6. The highest BCUT2D eigenvalue weighted by Crippen LogP contribution is 2.26. The molecule has 0 aromatic heterocycles. The quantitative estimate of drug-likeness (QED) is 0.381. The van der Waals surface area contributed by atoms with Crippen LogP contribution in [-0.4, -0.2) is 31.3 Å². The van der Waals surface area contributed by atoms with Crippen LogP contribution in [0.2, 0.25) is 0 Å². The Morgan fingerprint density at radius 3 is 2.60 bits per heavy atom. The van der Waals surface area contributed by atoms with Gasteiger partial charge in [-0.25, -0.2) is 9.59 Å². The number of hydrogen-bond donors (Lipinski definition) is 1. The number of ether oxygens (including phenoxy) is 3. The third kappa shape index (κ3) is 4.16. The Kier molecular flexibility index (Phi) is 5.34. The van der Waals surface area contributed by atoms with Gasteiger partial charge in [-0.1, -0.05) is 6.07 Å². The molecule has 1 rings (SSSR count). The molecule has 1 N–H and O–H groups in total. The molecule has 1 aromatic rings. The van der Waals surface area contributed by atoms with Crippen LogP contribution in [0, 0.1) is 0 Å². The number of rotatable bonds is 5. The van der Waals surface area contributed by atoms with Gasteiger partial charge in [-0.2, -0.15) is 0 Å². The Morgan fingerprint density at radius 2 is 2.00 bits per heavy atom. The molecule has 0 radical (unpaired) electrons. The molecule has 6 nitrogen and oxygen atoms in total. The Labute approximate surface area is 115 Å². The van der Waals surface area contributed by atoms with Gasteiger partial charge < -0.3 is 19.3 Å². The highest BCUT2D eigenvalue weighted by molar-refractivity contribution is 5.99. The molecule has 6 heteroatoms. The summed E-state index contributed by atoms with van der Waals surface area (Å²) in [6.07, 6.45) is 2.47. The Morgan fingerprint density at radius 1 is 1.30 bits per heavy atom. The zero-order chi connectivity index (χ0) is 15.1. The van der Waals surface area contributed by atoms with Crippen LogP contribution in [0.25, 0.3) is 6.08 Å². The van der Waals surface area contributed by atoms with Crippen LogP contribution in [0.1, 0.15) is 5.56 Å². The molecule has 0 aliphatic carbocycles. The number of methoxy groups -OCH3 is 2. The Hall–Kier alpha value is -2.76. The van der Waals surface area contributed by atoms with Gasteiger partial charge >= 0.3 is 11.9 Å². The number of carbonyl (C=O) groups is 2. The average molecular weight is 278 g/mol. The maximum absolute atomic E-state index is 11.4. The Balaban J connectivity index is 2.70. The first-order valence-corrected chi connectivity index (χ1v) is 5.52. The van der Waals surface area contributed by atoms with E-state index in [9.17, 15) is 14.7 Å². The fraction of sp³-hybridized carbons (Fsp3) is 0.143. The fourth-order valence-electron chi connectivity index (χ4n) is 1.23. The number of benzene rings is 1. The third-order valence-electron chi connectivity index (χ3n) is 2.28. The number of phenolic OH excluding ortho intramolecular Hbond substituents is 1. The summed E-state index contributed by atoms with van der Waals surface area (Å²) in [6.45, 7) is 3.26. The predicted octanol–water partition coefficient (Wildman–Crippen LogP) is 1.64. The molecule has 0 spiro atoms. The van der Waals surface area contributed by atoms with E-state index in [0.29, 0.717) is 5.56 Å². The van der Waals surface area contributed by atoms with Crippen molar-refractivity contribution in [3.8, 4) is 11.5 Å². The van der Waals surface area contributed by atoms with E-state index in [1.807, 2.05) is 0 Å². The van der Waals surface area contributed by atoms with E-state index in [0.717, 1.165) is 6.08 Å². The van der Waals surface area contributed by atoms with Gasteiger partial charge in [-0.3, -0.25) is 0 Å². The first-order chi connectivity index (χ1) is 9.47. The van der Waals surface area contributed by atoms with Gasteiger partial charge in [0.2, 0.25) is 0 Å². The van der Waals surface area contributed by atoms with E-state index in [-0.39, 0.29) is 17.3 Å². The second-order valence-corrected chi connectivity index (χ2v) is 3.60. The molecule has 106 valence electrons. The zero-order valence-electron chi connectivity index (χ0n) is 11.1. The number of aromatic hydroxyl groups is 1. The summed E-state index contributed by atoms with van der Waals surface area (Å²) in [5.74, 6) is -1.83. The lowest BCUT2D eigenvalue weighted by molar-refractivity contribution is -0.155. The summed E-state index contributed by atoms with van der Waals surface area (Å²) in [5.41, 5.74) is 0.592. The molecule has 0 aliphatic rings. The summed E-state index contributed by atoms with van der Waals surface area (Å²) < 4.78 is 13.9.